The van der Waals surface area contributed by atoms with E-state index in [1.807, 2.05) is 13.8 Å². The van der Waals surface area contributed by atoms with E-state index in [4.69, 9.17) is 11.6 Å². The van der Waals surface area contributed by atoms with Gasteiger partial charge >= 0.3 is 0 Å². The average Bonchev–Trinajstić information content (AvgIpc) is 2.28. The molecule has 0 aliphatic heterocycles. The molecule has 1 atom stereocenters. The summed E-state index contributed by atoms with van der Waals surface area (Å²) in [7, 11) is 0. The number of carbonyl (C=O) groups is 1. The minimum Gasteiger partial charge on any atom is -0.348 e. The lowest BCUT2D eigenvalue weighted by Gasteiger charge is -2.19. The molecule has 94 valence electrons. The van der Waals surface area contributed by atoms with Crippen molar-refractivity contribution in [3.63, 3.8) is 0 Å². The molecule has 0 bridgehead atoms. The third-order valence-electron chi connectivity index (χ3n) is 2.47. The van der Waals surface area contributed by atoms with E-state index >= 15 is 0 Å². The Morgan fingerprint density at radius 1 is 1.35 bits per heavy atom. The first-order chi connectivity index (χ1) is 7.95. The van der Waals surface area contributed by atoms with Crippen LogP contribution in [0.3, 0.4) is 0 Å². The van der Waals surface area contributed by atoms with Gasteiger partial charge < -0.3 is 5.32 Å². The first-order valence-electron chi connectivity index (χ1n) is 5.27. The first kappa shape index (κ1) is 13.9. The predicted molar refractivity (Wildman–Crippen MR) is 63.2 cm³/mol. The van der Waals surface area contributed by atoms with Crippen molar-refractivity contribution in [2.75, 3.05) is 5.88 Å². The molecule has 0 spiro atoms. The van der Waals surface area contributed by atoms with Gasteiger partial charge in [0.15, 0.2) is 11.6 Å². The summed E-state index contributed by atoms with van der Waals surface area (Å²) in [6.45, 7) is 3.83. The molecule has 5 heteroatoms. The van der Waals surface area contributed by atoms with Gasteiger partial charge in [-0.15, -0.1) is 11.6 Å². The van der Waals surface area contributed by atoms with Crippen LogP contribution < -0.4 is 5.32 Å². The van der Waals surface area contributed by atoms with Gasteiger partial charge in [0.2, 0.25) is 0 Å². The number of carbonyl (C=O) groups excluding carboxylic acids is 1. The highest BCUT2D eigenvalue weighted by Gasteiger charge is 2.17. The van der Waals surface area contributed by atoms with Crippen molar-refractivity contribution in [1.29, 1.82) is 0 Å². The summed E-state index contributed by atoms with van der Waals surface area (Å²) in [5, 5.41) is 2.67. The number of alkyl halides is 1. The molecule has 1 rings (SSSR count). The lowest BCUT2D eigenvalue weighted by Crippen LogP contribution is -2.39. The minimum atomic E-state index is -1.04. The van der Waals surface area contributed by atoms with Gasteiger partial charge in [-0.2, -0.15) is 0 Å². The third-order valence-corrected chi connectivity index (χ3v) is 2.80. The predicted octanol–water partition coefficient (Wildman–Crippen LogP) is 2.96. The molecule has 1 unspecified atom stereocenters. The number of halogens is 3. The summed E-state index contributed by atoms with van der Waals surface area (Å²) >= 11 is 5.70. The molecule has 0 heterocycles. The van der Waals surface area contributed by atoms with Crippen LogP contribution in [0.25, 0.3) is 0 Å². The van der Waals surface area contributed by atoms with Crippen molar-refractivity contribution in [3.05, 3.63) is 35.4 Å². The van der Waals surface area contributed by atoms with Gasteiger partial charge in [0.1, 0.15) is 0 Å². The van der Waals surface area contributed by atoms with Crippen molar-refractivity contribution in [2.45, 2.75) is 19.9 Å². The van der Waals surface area contributed by atoms with Crippen molar-refractivity contribution in [1.82, 2.24) is 5.32 Å². The van der Waals surface area contributed by atoms with Crippen molar-refractivity contribution in [2.24, 2.45) is 5.92 Å². The number of nitrogens with one attached hydrogen (secondary N) is 1. The van der Waals surface area contributed by atoms with Crippen molar-refractivity contribution >= 4 is 17.5 Å². The molecule has 1 aromatic rings. The fraction of sp³-hybridized carbons (Fsp3) is 0.417. The summed E-state index contributed by atoms with van der Waals surface area (Å²) in [5.41, 5.74) is 0.0830. The summed E-state index contributed by atoms with van der Waals surface area (Å²) in [6, 6.07) is 2.84. The number of rotatable bonds is 4. The molecule has 1 aromatic carbocycles. The van der Waals surface area contributed by atoms with Crippen LogP contribution in [0.1, 0.15) is 24.2 Å². The van der Waals surface area contributed by atoms with Gasteiger partial charge in [0.25, 0.3) is 5.91 Å². The summed E-state index contributed by atoms with van der Waals surface area (Å²) in [6.07, 6.45) is 0. The molecule has 0 radical (unpaired) electrons. The fourth-order valence-electron chi connectivity index (χ4n) is 1.27. The van der Waals surface area contributed by atoms with Crippen LogP contribution in [-0.2, 0) is 0 Å². The van der Waals surface area contributed by atoms with E-state index in [0.717, 1.165) is 12.1 Å². The molecule has 1 N–H and O–H groups in total. The Balaban J connectivity index is 2.79. The van der Waals surface area contributed by atoms with E-state index in [0.29, 0.717) is 0 Å². The largest absolute Gasteiger partial charge is 0.348 e. The quantitative estimate of drug-likeness (QED) is 0.830. The molecule has 2 nitrogen and oxygen atoms in total. The first-order valence-corrected chi connectivity index (χ1v) is 5.81. The second-order valence-corrected chi connectivity index (χ2v) is 4.42. The Kier molecular flexibility index (Phi) is 4.87. The van der Waals surface area contributed by atoms with Gasteiger partial charge in [-0.1, -0.05) is 13.8 Å². The van der Waals surface area contributed by atoms with Crippen LogP contribution >= 0.6 is 11.6 Å². The molecule has 0 aromatic heterocycles. The van der Waals surface area contributed by atoms with Gasteiger partial charge in [0.05, 0.1) is 0 Å². The summed E-state index contributed by atoms with van der Waals surface area (Å²) in [4.78, 5) is 11.7. The Morgan fingerprint density at radius 3 is 2.47 bits per heavy atom. The van der Waals surface area contributed by atoms with Crippen molar-refractivity contribution in [3.8, 4) is 0 Å². The highest BCUT2D eigenvalue weighted by Crippen LogP contribution is 2.10. The smallest absolute Gasteiger partial charge is 0.251 e. The molecular weight excluding hydrogens is 248 g/mol. The topological polar surface area (TPSA) is 29.1 Å². The van der Waals surface area contributed by atoms with E-state index in [1.165, 1.54) is 6.07 Å². The number of benzene rings is 1. The minimum absolute atomic E-state index is 0.0830. The zero-order chi connectivity index (χ0) is 13.0. The van der Waals surface area contributed by atoms with Crippen LogP contribution in [0.2, 0.25) is 0 Å². The molecule has 0 fully saturated rings. The lowest BCUT2D eigenvalue weighted by molar-refractivity contribution is 0.0930. The highest BCUT2D eigenvalue weighted by molar-refractivity contribution is 6.18. The average molecular weight is 262 g/mol. The Bertz CT molecular complexity index is 409. The zero-order valence-corrected chi connectivity index (χ0v) is 10.4. The third kappa shape index (κ3) is 3.66. The Morgan fingerprint density at radius 2 is 2.00 bits per heavy atom. The van der Waals surface area contributed by atoms with Crippen LogP contribution in [0, 0.1) is 17.6 Å². The molecule has 17 heavy (non-hydrogen) atoms. The lowest BCUT2D eigenvalue weighted by atomic mass is 10.1. The van der Waals surface area contributed by atoms with E-state index in [9.17, 15) is 13.6 Å². The number of hydrogen-bond acceptors (Lipinski definition) is 1. The number of hydrogen-bond donors (Lipinski definition) is 1. The molecular formula is C12H14ClF2NO. The Labute approximate surface area is 104 Å². The Hall–Kier alpha value is -1.16. The van der Waals surface area contributed by atoms with Gasteiger partial charge in [0, 0.05) is 17.5 Å². The maximum absolute atomic E-state index is 12.9. The standard InChI is InChI=1S/C12H14ClF2NO/c1-7(2)11(6-13)16-12(17)8-3-4-9(14)10(15)5-8/h3-5,7,11H,6H2,1-2H3,(H,16,17). The molecule has 0 saturated heterocycles. The van der Waals surface area contributed by atoms with Crippen LogP contribution in [0.5, 0.6) is 0 Å². The van der Waals surface area contributed by atoms with Gasteiger partial charge in [-0.25, -0.2) is 8.78 Å². The highest BCUT2D eigenvalue weighted by atomic mass is 35.5. The molecule has 1 amide bonds. The second kappa shape index (κ2) is 5.96. The van der Waals surface area contributed by atoms with Gasteiger partial charge in [-0.3, -0.25) is 4.79 Å². The maximum atomic E-state index is 12.9. The van der Waals surface area contributed by atoms with Crippen LogP contribution in [0.15, 0.2) is 18.2 Å². The molecule has 0 aliphatic rings. The van der Waals surface area contributed by atoms with E-state index in [1.54, 1.807) is 0 Å². The normalized spacial score (nSPS) is 12.6. The fourth-order valence-corrected chi connectivity index (χ4v) is 1.71. The second-order valence-electron chi connectivity index (χ2n) is 4.11. The zero-order valence-electron chi connectivity index (χ0n) is 9.64. The maximum Gasteiger partial charge on any atom is 0.251 e. The molecule has 0 aliphatic carbocycles. The summed E-state index contributed by atoms with van der Waals surface area (Å²) in [5.74, 6) is -2.03. The van der Waals surface area contributed by atoms with E-state index < -0.39 is 17.5 Å². The SMILES string of the molecule is CC(C)C(CCl)NC(=O)c1ccc(F)c(F)c1. The monoisotopic (exact) mass is 261 g/mol. The van der Waals surface area contributed by atoms with E-state index in [-0.39, 0.29) is 23.4 Å². The summed E-state index contributed by atoms with van der Waals surface area (Å²) < 4.78 is 25.6. The van der Waals surface area contributed by atoms with Crippen LogP contribution in [0.4, 0.5) is 8.78 Å². The molecule has 0 saturated carbocycles. The van der Waals surface area contributed by atoms with Crippen LogP contribution in [-0.4, -0.2) is 17.8 Å². The number of amides is 1. The van der Waals surface area contributed by atoms with Gasteiger partial charge in [-0.05, 0) is 24.1 Å². The van der Waals surface area contributed by atoms with Crippen molar-refractivity contribution < 1.29 is 13.6 Å². The van der Waals surface area contributed by atoms with E-state index in [2.05, 4.69) is 5.32 Å².